The quantitative estimate of drug-likeness (QED) is 0.639. The Labute approximate surface area is 125 Å². The summed E-state index contributed by atoms with van der Waals surface area (Å²) >= 11 is 5.61. The Morgan fingerprint density at radius 2 is 2.33 bits per heavy atom. The van der Waals surface area contributed by atoms with Gasteiger partial charge in [0.2, 0.25) is 5.91 Å². The minimum atomic E-state index is -0.758. The van der Waals surface area contributed by atoms with Gasteiger partial charge in [0, 0.05) is 38.8 Å². The predicted molar refractivity (Wildman–Crippen MR) is 76.1 cm³/mol. The van der Waals surface area contributed by atoms with Crippen LogP contribution in [-0.2, 0) is 4.79 Å². The van der Waals surface area contributed by atoms with E-state index in [-0.39, 0.29) is 22.3 Å². The average molecular weight is 317 g/mol. The first-order valence-corrected chi connectivity index (χ1v) is 6.66. The topological polar surface area (TPSA) is 87.5 Å². The molecule has 0 radical (unpaired) electrons. The molecule has 0 aliphatic carbocycles. The van der Waals surface area contributed by atoms with Gasteiger partial charge in [-0.2, -0.15) is 0 Å². The Hall–Kier alpha value is -1.93. The van der Waals surface area contributed by atoms with E-state index in [0.717, 1.165) is 12.1 Å². The van der Waals surface area contributed by atoms with Crippen molar-refractivity contribution in [2.24, 2.45) is 0 Å². The molecule has 2 rings (SSSR count). The fourth-order valence-corrected chi connectivity index (χ4v) is 2.45. The number of rotatable bonds is 3. The maximum absolute atomic E-state index is 13.7. The van der Waals surface area contributed by atoms with Gasteiger partial charge in [-0.05, 0) is 0 Å². The van der Waals surface area contributed by atoms with Gasteiger partial charge in [-0.3, -0.25) is 14.9 Å². The Morgan fingerprint density at radius 1 is 1.62 bits per heavy atom. The lowest BCUT2D eigenvalue weighted by atomic mass is 10.1. The molecular formula is C12H14ClFN4O3. The molecule has 0 saturated carbocycles. The number of piperazine rings is 1. The first kappa shape index (κ1) is 15.5. The molecule has 1 aliphatic heterocycles. The molecule has 1 unspecified atom stereocenters. The Morgan fingerprint density at radius 3 is 2.95 bits per heavy atom. The van der Waals surface area contributed by atoms with Crippen LogP contribution in [0.1, 0.15) is 0 Å². The summed E-state index contributed by atoms with van der Waals surface area (Å²) in [5, 5.41) is 16.4. The monoisotopic (exact) mass is 316 g/mol. The van der Waals surface area contributed by atoms with Gasteiger partial charge in [-0.1, -0.05) is 11.6 Å². The zero-order valence-corrected chi connectivity index (χ0v) is 12.0. The van der Waals surface area contributed by atoms with Gasteiger partial charge < -0.3 is 15.5 Å². The molecule has 21 heavy (non-hydrogen) atoms. The van der Waals surface area contributed by atoms with Gasteiger partial charge >= 0.3 is 0 Å². The van der Waals surface area contributed by atoms with Crippen LogP contribution in [0.2, 0.25) is 5.02 Å². The molecule has 1 atom stereocenters. The molecule has 0 spiro atoms. The standard InChI is InChI=1S/C12H14ClFN4O3/c1-15-12(19)11-6-16-2-3-17(11)9-5-8(14)7(13)4-10(9)18(20)21/h4-5,11,16H,2-3,6H2,1H3,(H,15,19). The van der Waals surface area contributed by atoms with Gasteiger partial charge in [0.05, 0.1) is 9.95 Å². The van der Waals surface area contributed by atoms with Crippen molar-refractivity contribution in [3.05, 3.63) is 33.1 Å². The molecule has 1 fully saturated rings. The molecule has 1 aromatic carbocycles. The Bertz CT molecular complexity index is 584. The Kier molecular flexibility index (Phi) is 4.59. The van der Waals surface area contributed by atoms with Crippen LogP contribution in [0.4, 0.5) is 15.8 Å². The molecule has 0 bridgehead atoms. The number of nitrogens with zero attached hydrogens (tertiary/aromatic N) is 2. The van der Waals surface area contributed by atoms with E-state index in [0.29, 0.717) is 19.6 Å². The van der Waals surface area contributed by atoms with Crippen molar-refractivity contribution in [1.29, 1.82) is 0 Å². The zero-order valence-electron chi connectivity index (χ0n) is 11.2. The van der Waals surface area contributed by atoms with Gasteiger partial charge in [-0.25, -0.2) is 4.39 Å². The summed E-state index contributed by atoms with van der Waals surface area (Å²) in [6.07, 6.45) is 0. The first-order valence-electron chi connectivity index (χ1n) is 6.28. The molecule has 1 heterocycles. The van der Waals surface area contributed by atoms with Gasteiger partial charge in [0.15, 0.2) is 0 Å². The van der Waals surface area contributed by atoms with Crippen LogP contribution >= 0.6 is 11.6 Å². The largest absolute Gasteiger partial charge is 0.357 e. The van der Waals surface area contributed by atoms with E-state index >= 15 is 0 Å². The summed E-state index contributed by atoms with van der Waals surface area (Å²) in [6.45, 7) is 1.20. The van der Waals surface area contributed by atoms with E-state index in [9.17, 15) is 19.3 Å². The normalized spacial score (nSPS) is 18.4. The highest BCUT2D eigenvalue weighted by Gasteiger charge is 2.33. The number of likely N-dealkylation sites (N-methyl/N-ethyl adjacent to an activating group) is 1. The fourth-order valence-electron chi connectivity index (χ4n) is 2.30. The summed E-state index contributed by atoms with van der Waals surface area (Å²) < 4.78 is 13.7. The number of hydrogen-bond acceptors (Lipinski definition) is 5. The predicted octanol–water partition coefficient (Wildman–Crippen LogP) is 0.911. The van der Waals surface area contributed by atoms with Crippen molar-refractivity contribution in [3.8, 4) is 0 Å². The van der Waals surface area contributed by atoms with E-state index in [1.165, 1.54) is 11.9 Å². The van der Waals surface area contributed by atoms with Crippen molar-refractivity contribution in [1.82, 2.24) is 10.6 Å². The summed E-state index contributed by atoms with van der Waals surface area (Å²) in [7, 11) is 1.48. The highest BCUT2D eigenvalue weighted by Crippen LogP contribution is 2.34. The summed E-state index contributed by atoms with van der Waals surface area (Å²) in [6, 6.07) is 1.32. The minimum absolute atomic E-state index is 0.0528. The average Bonchev–Trinajstić information content (AvgIpc) is 2.48. The maximum Gasteiger partial charge on any atom is 0.294 e. The number of anilines is 1. The smallest absolute Gasteiger partial charge is 0.294 e. The molecular weight excluding hydrogens is 303 g/mol. The van der Waals surface area contributed by atoms with Crippen LogP contribution in [0.3, 0.4) is 0 Å². The molecule has 1 aromatic rings. The number of nitrogens with one attached hydrogen (secondary N) is 2. The molecule has 1 aliphatic rings. The second-order valence-corrected chi connectivity index (χ2v) is 4.95. The fraction of sp³-hybridized carbons (Fsp3) is 0.417. The third kappa shape index (κ3) is 3.06. The number of carbonyl (C=O) groups is 1. The number of benzene rings is 1. The van der Waals surface area contributed by atoms with Crippen molar-refractivity contribution in [3.63, 3.8) is 0 Å². The molecule has 114 valence electrons. The molecule has 1 saturated heterocycles. The number of nitro groups is 1. The number of amides is 1. The van der Waals surface area contributed by atoms with Crippen LogP contribution in [0, 0.1) is 15.9 Å². The van der Waals surface area contributed by atoms with Gasteiger partial charge in [-0.15, -0.1) is 0 Å². The zero-order chi connectivity index (χ0) is 15.6. The van der Waals surface area contributed by atoms with Crippen molar-refractivity contribution < 1.29 is 14.1 Å². The maximum atomic E-state index is 13.7. The molecule has 1 amide bonds. The Balaban J connectivity index is 2.49. The van der Waals surface area contributed by atoms with Crippen LogP contribution < -0.4 is 15.5 Å². The van der Waals surface area contributed by atoms with E-state index in [2.05, 4.69) is 10.6 Å². The lowest BCUT2D eigenvalue weighted by molar-refractivity contribution is -0.384. The van der Waals surface area contributed by atoms with Gasteiger partial charge in [0.1, 0.15) is 17.5 Å². The van der Waals surface area contributed by atoms with Crippen LogP contribution in [0.15, 0.2) is 12.1 Å². The minimum Gasteiger partial charge on any atom is -0.357 e. The lowest BCUT2D eigenvalue weighted by Gasteiger charge is -2.36. The highest BCUT2D eigenvalue weighted by molar-refractivity contribution is 6.31. The third-order valence-corrected chi connectivity index (χ3v) is 3.61. The van der Waals surface area contributed by atoms with Crippen molar-refractivity contribution >= 4 is 28.9 Å². The summed E-state index contributed by atoms with van der Waals surface area (Å²) in [4.78, 5) is 23.9. The number of carbonyl (C=O) groups excluding carboxylic acids is 1. The molecule has 9 heteroatoms. The van der Waals surface area contributed by atoms with Crippen LogP contribution in [-0.4, -0.2) is 43.6 Å². The van der Waals surface area contributed by atoms with Gasteiger partial charge in [0.25, 0.3) is 5.69 Å². The van der Waals surface area contributed by atoms with E-state index in [1.807, 2.05) is 0 Å². The second kappa shape index (κ2) is 6.23. The van der Waals surface area contributed by atoms with Crippen LogP contribution in [0.25, 0.3) is 0 Å². The van der Waals surface area contributed by atoms with Crippen molar-refractivity contribution in [2.45, 2.75) is 6.04 Å². The summed E-state index contributed by atoms with van der Waals surface area (Å²) in [5.41, 5.74) is -0.269. The SMILES string of the molecule is CNC(=O)C1CNCCN1c1cc(F)c(Cl)cc1[N+](=O)[O-]. The lowest BCUT2D eigenvalue weighted by Crippen LogP contribution is -2.57. The molecule has 2 N–H and O–H groups in total. The molecule has 7 nitrogen and oxygen atoms in total. The summed E-state index contributed by atoms with van der Waals surface area (Å²) in [5.74, 6) is -1.06. The van der Waals surface area contributed by atoms with Crippen LogP contribution in [0.5, 0.6) is 0 Å². The number of nitro benzene ring substituents is 1. The molecule has 0 aromatic heterocycles. The third-order valence-electron chi connectivity index (χ3n) is 3.32. The highest BCUT2D eigenvalue weighted by atomic mass is 35.5. The van der Waals surface area contributed by atoms with E-state index in [1.54, 1.807) is 0 Å². The first-order chi connectivity index (χ1) is 9.95. The van der Waals surface area contributed by atoms with Crippen molar-refractivity contribution in [2.75, 3.05) is 31.6 Å². The number of hydrogen-bond donors (Lipinski definition) is 2. The van der Waals surface area contributed by atoms with E-state index < -0.39 is 16.8 Å². The number of halogens is 2. The van der Waals surface area contributed by atoms with E-state index in [4.69, 9.17) is 11.6 Å². The second-order valence-electron chi connectivity index (χ2n) is 4.54.